The number of carbonyl (C=O) groups excluding carboxylic acids is 3. The standard InChI is InChI=1S/C15H18N2O4S/c1-3-21-12-7-5-4-6-11(12)16-13(18)8-17-14(19)9-22-10(2)15(17)20/h4-7,10H,3,8-9H2,1-2H3,(H,16,18)/t10-/m1/s1. The molecule has 0 aliphatic carbocycles. The Morgan fingerprint density at radius 1 is 1.41 bits per heavy atom. The first-order chi connectivity index (χ1) is 10.5. The van der Waals surface area contributed by atoms with E-state index in [-0.39, 0.29) is 29.4 Å². The smallest absolute Gasteiger partial charge is 0.244 e. The van der Waals surface area contributed by atoms with Crippen molar-refractivity contribution in [3.8, 4) is 5.75 Å². The lowest BCUT2D eigenvalue weighted by atomic mass is 10.3. The summed E-state index contributed by atoms with van der Waals surface area (Å²) in [6.45, 7) is 3.78. The summed E-state index contributed by atoms with van der Waals surface area (Å²) in [5.41, 5.74) is 0.522. The molecule has 3 amide bonds. The second kappa shape index (κ2) is 7.31. The quantitative estimate of drug-likeness (QED) is 0.832. The van der Waals surface area contributed by atoms with Crippen LogP contribution in [0.1, 0.15) is 13.8 Å². The Morgan fingerprint density at radius 3 is 2.86 bits per heavy atom. The number of anilines is 1. The van der Waals surface area contributed by atoms with Gasteiger partial charge in [0.25, 0.3) is 0 Å². The van der Waals surface area contributed by atoms with Gasteiger partial charge < -0.3 is 10.1 Å². The lowest BCUT2D eigenvalue weighted by Crippen LogP contribution is -2.49. The fourth-order valence-corrected chi connectivity index (χ4v) is 2.86. The van der Waals surface area contributed by atoms with Crippen LogP contribution in [0, 0.1) is 0 Å². The molecule has 6 nitrogen and oxygen atoms in total. The molecule has 1 saturated heterocycles. The van der Waals surface area contributed by atoms with Gasteiger partial charge in [-0.1, -0.05) is 12.1 Å². The van der Waals surface area contributed by atoms with Crippen molar-refractivity contribution in [2.45, 2.75) is 19.1 Å². The summed E-state index contributed by atoms with van der Waals surface area (Å²) in [6.07, 6.45) is 0. The molecule has 0 unspecified atom stereocenters. The highest BCUT2D eigenvalue weighted by molar-refractivity contribution is 8.01. The molecule has 118 valence electrons. The normalized spacial score (nSPS) is 18.3. The van der Waals surface area contributed by atoms with E-state index in [0.717, 1.165) is 4.90 Å². The van der Waals surface area contributed by atoms with Crippen molar-refractivity contribution >= 4 is 35.2 Å². The zero-order valence-electron chi connectivity index (χ0n) is 12.5. The number of ether oxygens (including phenoxy) is 1. The predicted molar refractivity (Wildman–Crippen MR) is 84.9 cm³/mol. The molecule has 2 rings (SSSR count). The molecule has 1 aromatic rings. The molecule has 1 N–H and O–H groups in total. The monoisotopic (exact) mass is 322 g/mol. The number of benzene rings is 1. The number of hydrogen-bond donors (Lipinski definition) is 1. The fraction of sp³-hybridized carbons (Fsp3) is 0.400. The molecule has 1 fully saturated rings. The van der Waals surface area contributed by atoms with E-state index in [9.17, 15) is 14.4 Å². The molecule has 1 atom stereocenters. The maximum Gasteiger partial charge on any atom is 0.244 e. The Balaban J connectivity index is 2.04. The van der Waals surface area contributed by atoms with Crippen LogP contribution in [0.4, 0.5) is 5.69 Å². The molecule has 0 bridgehead atoms. The second-order valence-electron chi connectivity index (χ2n) is 4.75. The number of para-hydroxylation sites is 2. The van der Waals surface area contributed by atoms with E-state index in [1.807, 2.05) is 6.92 Å². The number of nitrogens with one attached hydrogen (secondary N) is 1. The van der Waals surface area contributed by atoms with Crippen molar-refractivity contribution in [3.63, 3.8) is 0 Å². The number of rotatable bonds is 5. The lowest BCUT2D eigenvalue weighted by molar-refractivity contribution is -0.145. The molecule has 0 spiro atoms. The van der Waals surface area contributed by atoms with E-state index in [4.69, 9.17) is 4.74 Å². The number of hydrogen-bond acceptors (Lipinski definition) is 5. The van der Waals surface area contributed by atoms with E-state index < -0.39 is 5.91 Å². The van der Waals surface area contributed by atoms with Gasteiger partial charge in [-0.25, -0.2) is 0 Å². The molecule has 1 aliphatic heterocycles. The molecule has 0 aromatic heterocycles. The summed E-state index contributed by atoms with van der Waals surface area (Å²) in [5.74, 6) is -0.308. The van der Waals surface area contributed by atoms with Crippen LogP contribution < -0.4 is 10.1 Å². The molecule has 1 heterocycles. The van der Waals surface area contributed by atoms with Crippen LogP contribution in [-0.2, 0) is 14.4 Å². The van der Waals surface area contributed by atoms with E-state index in [1.165, 1.54) is 11.8 Å². The first-order valence-electron chi connectivity index (χ1n) is 7.00. The summed E-state index contributed by atoms with van der Waals surface area (Å²) in [4.78, 5) is 36.9. The van der Waals surface area contributed by atoms with Crippen LogP contribution in [0.3, 0.4) is 0 Å². The molecule has 0 saturated carbocycles. The minimum atomic E-state index is -0.423. The lowest BCUT2D eigenvalue weighted by Gasteiger charge is -2.27. The summed E-state index contributed by atoms with van der Waals surface area (Å²) < 4.78 is 5.42. The molecular weight excluding hydrogens is 304 g/mol. The third-order valence-electron chi connectivity index (χ3n) is 3.13. The van der Waals surface area contributed by atoms with Crippen LogP contribution >= 0.6 is 11.8 Å². The van der Waals surface area contributed by atoms with Gasteiger partial charge in [0.05, 0.1) is 23.3 Å². The van der Waals surface area contributed by atoms with E-state index >= 15 is 0 Å². The van der Waals surface area contributed by atoms with Gasteiger partial charge in [-0.05, 0) is 26.0 Å². The number of thioether (sulfide) groups is 1. The minimum absolute atomic E-state index is 0.218. The Hall–Kier alpha value is -2.02. The Labute approximate surface area is 133 Å². The SMILES string of the molecule is CCOc1ccccc1NC(=O)CN1C(=O)CS[C@H](C)C1=O. The third-order valence-corrected chi connectivity index (χ3v) is 4.25. The Kier molecular flexibility index (Phi) is 5.43. The maximum atomic E-state index is 12.1. The van der Waals surface area contributed by atoms with Crippen LogP contribution in [0.5, 0.6) is 5.75 Å². The number of nitrogens with zero attached hydrogens (tertiary/aromatic N) is 1. The van der Waals surface area contributed by atoms with Gasteiger partial charge in [0.15, 0.2) is 0 Å². The molecule has 0 radical (unpaired) electrons. The fourth-order valence-electron chi connectivity index (χ4n) is 2.04. The van der Waals surface area contributed by atoms with Gasteiger partial charge in [-0.15, -0.1) is 11.8 Å². The van der Waals surface area contributed by atoms with Gasteiger partial charge in [0.1, 0.15) is 12.3 Å². The first-order valence-corrected chi connectivity index (χ1v) is 8.05. The first kappa shape index (κ1) is 16.4. The number of imide groups is 1. The van der Waals surface area contributed by atoms with Crippen molar-refractivity contribution in [3.05, 3.63) is 24.3 Å². The number of carbonyl (C=O) groups is 3. The summed E-state index contributed by atoms with van der Waals surface area (Å²) >= 11 is 1.29. The molecule has 22 heavy (non-hydrogen) atoms. The van der Waals surface area contributed by atoms with Crippen molar-refractivity contribution < 1.29 is 19.1 Å². The van der Waals surface area contributed by atoms with Crippen molar-refractivity contribution in [1.82, 2.24) is 4.90 Å². The van der Waals surface area contributed by atoms with Gasteiger partial charge in [-0.3, -0.25) is 19.3 Å². The zero-order chi connectivity index (χ0) is 16.1. The second-order valence-corrected chi connectivity index (χ2v) is 6.08. The molecule has 1 aliphatic rings. The molecule has 1 aromatic carbocycles. The largest absolute Gasteiger partial charge is 0.492 e. The van der Waals surface area contributed by atoms with Gasteiger partial charge in [-0.2, -0.15) is 0 Å². The van der Waals surface area contributed by atoms with E-state index in [0.29, 0.717) is 18.0 Å². The average molecular weight is 322 g/mol. The van der Waals surface area contributed by atoms with Gasteiger partial charge in [0.2, 0.25) is 17.7 Å². The third kappa shape index (κ3) is 3.79. The summed E-state index contributed by atoms with van der Waals surface area (Å²) in [7, 11) is 0. The predicted octanol–water partition coefficient (Wildman–Crippen LogP) is 1.51. The van der Waals surface area contributed by atoms with Crippen LogP contribution in [0.25, 0.3) is 0 Å². The van der Waals surface area contributed by atoms with E-state index in [2.05, 4.69) is 5.32 Å². The molecule has 7 heteroatoms. The van der Waals surface area contributed by atoms with Crippen LogP contribution in [0.2, 0.25) is 0 Å². The van der Waals surface area contributed by atoms with Crippen molar-refractivity contribution in [1.29, 1.82) is 0 Å². The Morgan fingerprint density at radius 2 is 2.14 bits per heavy atom. The summed E-state index contributed by atoms with van der Waals surface area (Å²) in [6, 6.07) is 7.03. The highest BCUT2D eigenvalue weighted by atomic mass is 32.2. The van der Waals surface area contributed by atoms with Gasteiger partial charge >= 0.3 is 0 Å². The Bertz CT molecular complexity index is 591. The highest BCUT2D eigenvalue weighted by Crippen LogP contribution is 2.24. The minimum Gasteiger partial charge on any atom is -0.492 e. The number of amides is 3. The van der Waals surface area contributed by atoms with Gasteiger partial charge in [0, 0.05) is 0 Å². The zero-order valence-corrected chi connectivity index (χ0v) is 13.3. The topological polar surface area (TPSA) is 75.7 Å². The summed E-state index contributed by atoms with van der Waals surface area (Å²) in [5, 5.41) is 2.38. The van der Waals surface area contributed by atoms with Crippen molar-refractivity contribution in [2.75, 3.05) is 24.2 Å². The molecular formula is C15H18N2O4S. The van der Waals surface area contributed by atoms with Crippen LogP contribution in [0.15, 0.2) is 24.3 Å². The average Bonchev–Trinajstić information content (AvgIpc) is 2.50. The highest BCUT2D eigenvalue weighted by Gasteiger charge is 2.33. The maximum absolute atomic E-state index is 12.1. The van der Waals surface area contributed by atoms with E-state index in [1.54, 1.807) is 31.2 Å². The van der Waals surface area contributed by atoms with Crippen LogP contribution in [-0.4, -0.2) is 46.8 Å². The van der Waals surface area contributed by atoms with Crippen molar-refractivity contribution in [2.24, 2.45) is 0 Å².